The molecular formula is C15H19FN2O4. The fraction of sp³-hybridized carbons (Fsp3) is 0.400. The van der Waals surface area contributed by atoms with Crippen LogP contribution in [0.3, 0.4) is 0 Å². The second-order valence-corrected chi connectivity index (χ2v) is 5.08. The van der Waals surface area contributed by atoms with E-state index in [2.05, 4.69) is 5.32 Å². The first kappa shape index (κ1) is 17.6. The van der Waals surface area contributed by atoms with Crippen molar-refractivity contribution in [1.29, 1.82) is 0 Å². The lowest BCUT2D eigenvalue weighted by Crippen LogP contribution is -2.42. The minimum Gasteiger partial charge on any atom is -0.455 e. The molecule has 0 radical (unpaired) electrons. The number of rotatable bonds is 6. The molecular weight excluding hydrogens is 291 g/mol. The molecule has 0 aliphatic rings. The molecule has 1 aromatic rings. The number of imide groups is 1. The number of ether oxygens (including phenoxy) is 1. The van der Waals surface area contributed by atoms with Crippen molar-refractivity contribution in [2.75, 3.05) is 13.2 Å². The molecule has 6 nitrogen and oxygen atoms in total. The van der Waals surface area contributed by atoms with E-state index >= 15 is 0 Å². The molecule has 2 N–H and O–H groups in total. The number of nitrogens with one attached hydrogen (secondary N) is 2. The van der Waals surface area contributed by atoms with Crippen LogP contribution < -0.4 is 10.6 Å². The second-order valence-electron chi connectivity index (χ2n) is 5.08. The Morgan fingerprint density at radius 1 is 1.23 bits per heavy atom. The fourth-order valence-electron chi connectivity index (χ4n) is 1.50. The maximum Gasteiger partial charge on any atom is 0.321 e. The lowest BCUT2D eigenvalue weighted by Gasteiger charge is -2.09. The van der Waals surface area contributed by atoms with E-state index in [9.17, 15) is 18.8 Å². The number of carbonyl (C=O) groups is 3. The van der Waals surface area contributed by atoms with Crippen LogP contribution in [0, 0.1) is 11.7 Å². The summed E-state index contributed by atoms with van der Waals surface area (Å²) in [5.41, 5.74) is 0.183. The van der Waals surface area contributed by atoms with Crippen LogP contribution in [0.25, 0.3) is 0 Å². The van der Waals surface area contributed by atoms with E-state index in [-0.39, 0.29) is 17.9 Å². The van der Waals surface area contributed by atoms with Crippen molar-refractivity contribution in [3.63, 3.8) is 0 Å². The molecule has 1 rings (SSSR count). The molecule has 0 bridgehead atoms. The Hall–Kier alpha value is -2.44. The first-order valence-corrected chi connectivity index (χ1v) is 6.85. The quantitative estimate of drug-likeness (QED) is 0.778. The van der Waals surface area contributed by atoms with E-state index in [4.69, 9.17) is 4.74 Å². The van der Waals surface area contributed by atoms with E-state index in [1.807, 2.05) is 19.2 Å². The highest BCUT2D eigenvalue weighted by Crippen LogP contribution is 2.07. The van der Waals surface area contributed by atoms with Gasteiger partial charge in [0.25, 0.3) is 5.91 Å². The minimum absolute atomic E-state index is 0.183. The van der Waals surface area contributed by atoms with Crippen molar-refractivity contribution in [2.24, 2.45) is 5.92 Å². The Balaban J connectivity index is 2.30. The molecule has 0 heterocycles. The molecule has 0 saturated heterocycles. The van der Waals surface area contributed by atoms with Gasteiger partial charge in [-0.1, -0.05) is 32.0 Å². The average molecular weight is 310 g/mol. The SMILES string of the molecule is CC(C)CNC(=O)NC(=O)COC(=O)Cc1ccccc1F. The summed E-state index contributed by atoms with van der Waals surface area (Å²) in [6, 6.07) is 5.14. The van der Waals surface area contributed by atoms with Gasteiger partial charge in [0.2, 0.25) is 0 Å². The first-order chi connectivity index (χ1) is 10.4. The maximum atomic E-state index is 13.3. The summed E-state index contributed by atoms with van der Waals surface area (Å²) >= 11 is 0. The lowest BCUT2D eigenvalue weighted by atomic mass is 10.1. The number of amides is 3. The van der Waals surface area contributed by atoms with Crippen LogP contribution in [0.15, 0.2) is 24.3 Å². The van der Waals surface area contributed by atoms with Gasteiger partial charge in [0.15, 0.2) is 6.61 Å². The highest BCUT2D eigenvalue weighted by molar-refractivity contribution is 5.95. The largest absolute Gasteiger partial charge is 0.455 e. The number of urea groups is 1. The lowest BCUT2D eigenvalue weighted by molar-refractivity contribution is -0.147. The van der Waals surface area contributed by atoms with E-state index in [0.717, 1.165) is 0 Å². The van der Waals surface area contributed by atoms with Crippen LogP contribution in [0.2, 0.25) is 0 Å². The summed E-state index contributed by atoms with van der Waals surface area (Å²) in [5, 5.41) is 4.51. The molecule has 0 aliphatic heterocycles. The van der Waals surface area contributed by atoms with Gasteiger partial charge in [-0.3, -0.25) is 14.9 Å². The van der Waals surface area contributed by atoms with Crippen LogP contribution in [0.4, 0.5) is 9.18 Å². The Morgan fingerprint density at radius 3 is 2.55 bits per heavy atom. The van der Waals surface area contributed by atoms with Gasteiger partial charge >= 0.3 is 12.0 Å². The molecule has 0 saturated carbocycles. The van der Waals surface area contributed by atoms with Gasteiger partial charge in [0, 0.05) is 6.54 Å². The number of esters is 1. The summed E-state index contributed by atoms with van der Waals surface area (Å²) in [6.07, 6.45) is -0.278. The van der Waals surface area contributed by atoms with Crippen LogP contribution in [0.5, 0.6) is 0 Å². The summed E-state index contributed by atoms with van der Waals surface area (Å²) < 4.78 is 18.0. The van der Waals surface area contributed by atoms with E-state index in [0.29, 0.717) is 6.54 Å². The maximum absolute atomic E-state index is 13.3. The summed E-state index contributed by atoms with van der Waals surface area (Å²) in [6.45, 7) is 3.65. The van der Waals surface area contributed by atoms with Gasteiger partial charge < -0.3 is 10.1 Å². The highest BCUT2D eigenvalue weighted by atomic mass is 19.1. The number of benzene rings is 1. The van der Waals surface area contributed by atoms with Crippen LogP contribution >= 0.6 is 0 Å². The van der Waals surface area contributed by atoms with E-state index in [1.54, 1.807) is 6.07 Å². The van der Waals surface area contributed by atoms with Crippen molar-refractivity contribution in [3.8, 4) is 0 Å². The van der Waals surface area contributed by atoms with Gasteiger partial charge in [0.05, 0.1) is 6.42 Å². The molecule has 1 aromatic carbocycles. The van der Waals surface area contributed by atoms with Crippen LogP contribution in [-0.4, -0.2) is 31.1 Å². The van der Waals surface area contributed by atoms with Crippen molar-refractivity contribution in [1.82, 2.24) is 10.6 Å². The number of carbonyl (C=O) groups excluding carboxylic acids is 3. The molecule has 0 spiro atoms. The first-order valence-electron chi connectivity index (χ1n) is 6.85. The van der Waals surface area contributed by atoms with Crippen LogP contribution in [-0.2, 0) is 20.7 Å². The monoisotopic (exact) mass is 310 g/mol. The predicted molar refractivity (Wildman–Crippen MR) is 77.4 cm³/mol. The standard InChI is InChI=1S/C15H19FN2O4/c1-10(2)8-17-15(21)18-13(19)9-22-14(20)7-11-5-3-4-6-12(11)16/h3-6,10H,7-9H2,1-2H3,(H2,17,18,19,21). The Labute approximate surface area is 128 Å². The van der Waals surface area contributed by atoms with E-state index < -0.39 is 30.3 Å². The second kappa shape index (κ2) is 8.76. The molecule has 120 valence electrons. The molecule has 7 heteroatoms. The summed E-state index contributed by atoms with van der Waals surface area (Å²) in [7, 11) is 0. The van der Waals surface area contributed by atoms with Gasteiger partial charge in [-0.15, -0.1) is 0 Å². The zero-order chi connectivity index (χ0) is 16.5. The average Bonchev–Trinajstić information content (AvgIpc) is 2.45. The Kier molecular flexibility index (Phi) is 7.01. The molecule has 0 aliphatic carbocycles. The van der Waals surface area contributed by atoms with Gasteiger partial charge in [-0.05, 0) is 17.5 Å². The van der Waals surface area contributed by atoms with Crippen LogP contribution in [0.1, 0.15) is 19.4 Å². The molecule has 3 amide bonds. The smallest absolute Gasteiger partial charge is 0.321 e. The number of hydrogen-bond donors (Lipinski definition) is 2. The third kappa shape index (κ3) is 6.83. The Morgan fingerprint density at radius 2 is 1.91 bits per heavy atom. The van der Waals surface area contributed by atoms with E-state index in [1.165, 1.54) is 18.2 Å². The third-order valence-corrected chi connectivity index (χ3v) is 2.58. The van der Waals surface area contributed by atoms with Crippen molar-refractivity contribution >= 4 is 17.9 Å². The van der Waals surface area contributed by atoms with Gasteiger partial charge in [-0.25, -0.2) is 9.18 Å². The molecule has 0 atom stereocenters. The molecule has 22 heavy (non-hydrogen) atoms. The normalized spacial score (nSPS) is 10.2. The zero-order valence-electron chi connectivity index (χ0n) is 12.5. The third-order valence-electron chi connectivity index (χ3n) is 2.58. The minimum atomic E-state index is -0.747. The highest BCUT2D eigenvalue weighted by Gasteiger charge is 2.13. The van der Waals surface area contributed by atoms with Crippen molar-refractivity contribution in [2.45, 2.75) is 20.3 Å². The topological polar surface area (TPSA) is 84.5 Å². The van der Waals surface area contributed by atoms with Gasteiger partial charge in [0.1, 0.15) is 5.82 Å². The number of halogens is 1. The van der Waals surface area contributed by atoms with Gasteiger partial charge in [-0.2, -0.15) is 0 Å². The molecule has 0 fully saturated rings. The van der Waals surface area contributed by atoms with Crippen molar-refractivity contribution < 1.29 is 23.5 Å². The molecule has 0 aromatic heterocycles. The van der Waals surface area contributed by atoms with Crippen molar-refractivity contribution in [3.05, 3.63) is 35.6 Å². The zero-order valence-corrected chi connectivity index (χ0v) is 12.5. The summed E-state index contributed by atoms with van der Waals surface area (Å²) in [5.74, 6) is -1.76. The fourth-order valence-corrected chi connectivity index (χ4v) is 1.50. The summed E-state index contributed by atoms with van der Waals surface area (Å²) in [4.78, 5) is 34.2. The Bertz CT molecular complexity index is 546. The molecule has 0 unspecified atom stereocenters. The number of hydrogen-bond acceptors (Lipinski definition) is 4. The predicted octanol–water partition coefficient (Wildman–Crippen LogP) is 1.39.